The van der Waals surface area contributed by atoms with Crippen LogP contribution in [0.1, 0.15) is 42.8 Å². The van der Waals surface area contributed by atoms with E-state index in [0.29, 0.717) is 31.0 Å². The maximum absolute atomic E-state index is 13.0. The van der Waals surface area contributed by atoms with Gasteiger partial charge in [0.15, 0.2) is 5.76 Å². The lowest BCUT2D eigenvalue weighted by Crippen LogP contribution is -2.43. The van der Waals surface area contributed by atoms with E-state index in [1.54, 1.807) is 17.0 Å². The molecule has 2 aliphatic rings. The minimum atomic E-state index is -0.542. The Kier molecular flexibility index (Phi) is 4.98. The average molecular weight is 384 g/mol. The summed E-state index contributed by atoms with van der Waals surface area (Å²) in [5, 5.41) is 2.94. The summed E-state index contributed by atoms with van der Waals surface area (Å²) in [5.41, 5.74) is 1.64. The van der Waals surface area contributed by atoms with Gasteiger partial charge in [-0.1, -0.05) is 0 Å². The van der Waals surface area contributed by atoms with Gasteiger partial charge in [-0.3, -0.25) is 9.59 Å². The number of amides is 2. The minimum absolute atomic E-state index is 0.103. The number of carbonyl (C=O) groups excluding carboxylic acids is 2. The summed E-state index contributed by atoms with van der Waals surface area (Å²) in [6, 6.07) is 6.48. The third kappa shape index (κ3) is 3.44. The van der Waals surface area contributed by atoms with E-state index in [2.05, 4.69) is 5.32 Å². The second kappa shape index (κ2) is 7.58. The quantitative estimate of drug-likeness (QED) is 0.856. The molecule has 1 fully saturated rings. The summed E-state index contributed by atoms with van der Waals surface area (Å²) in [6.07, 6.45) is 3.76. The fraction of sp³-hybridized carbons (Fsp3) is 0.429. The van der Waals surface area contributed by atoms with Gasteiger partial charge in [0.2, 0.25) is 5.91 Å². The van der Waals surface area contributed by atoms with Crippen molar-refractivity contribution in [2.24, 2.45) is 0 Å². The molecule has 4 rings (SSSR count). The predicted octanol–water partition coefficient (Wildman–Crippen LogP) is 3.25. The topological polar surface area (TPSA) is 81.0 Å². The number of ether oxygens (including phenoxy) is 2. The molecule has 28 heavy (non-hydrogen) atoms. The molecule has 2 amide bonds. The molecular weight excluding hydrogens is 360 g/mol. The first-order valence-electron chi connectivity index (χ1n) is 9.68. The fourth-order valence-corrected chi connectivity index (χ4v) is 3.85. The standard InChI is InChI=1S/C21H24N2O5/c1-3-26-19-11-14-10-13(2)28-18(14)12-15(19)22-20(24)16-6-4-8-23(16)21(25)17-7-5-9-27-17/h5,7,9,11-13,16H,3-4,6,8,10H2,1-2H3,(H,22,24)/t13-,16+/m1/s1. The second-order valence-corrected chi connectivity index (χ2v) is 7.14. The Morgan fingerprint density at radius 3 is 2.96 bits per heavy atom. The van der Waals surface area contributed by atoms with Crippen molar-refractivity contribution in [1.29, 1.82) is 0 Å². The highest BCUT2D eigenvalue weighted by atomic mass is 16.5. The van der Waals surface area contributed by atoms with E-state index in [1.807, 2.05) is 26.0 Å². The number of anilines is 1. The third-order valence-electron chi connectivity index (χ3n) is 5.10. The van der Waals surface area contributed by atoms with E-state index in [9.17, 15) is 9.59 Å². The number of benzene rings is 1. The maximum Gasteiger partial charge on any atom is 0.290 e. The number of likely N-dealkylation sites (tertiary alicyclic amines) is 1. The van der Waals surface area contributed by atoms with Crippen LogP contribution in [0.5, 0.6) is 11.5 Å². The van der Waals surface area contributed by atoms with Crippen molar-refractivity contribution >= 4 is 17.5 Å². The van der Waals surface area contributed by atoms with Crippen molar-refractivity contribution in [3.05, 3.63) is 41.9 Å². The van der Waals surface area contributed by atoms with Gasteiger partial charge in [0.25, 0.3) is 5.91 Å². The van der Waals surface area contributed by atoms with E-state index in [-0.39, 0.29) is 23.7 Å². The zero-order valence-electron chi connectivity index (χ0n) is 16.1. The van der Waals surface area contributed by atoms with Crippen molar-refractivity contribution in [2.75, 3.05) is 18.5 Å². The number of nitrogens with zero attached hydrogens (tertiary/aromatic N) is 1. The summed E-state index contributed by atoms with van der Waals surface area (Å²) in [7, 11) is 0. The smallest absolute Gasteiger partial charge is 0.290 e. The Hall–Kier alpha value is -2.96. The first-order valence-corrected chi connectivity index (χ1v) is 9.68. The van der Waals surface area contributed by atoms with Crippen molar-refractivity contribution < 1.29 is 23.5 Å². The van der Waals surface area contributed by atoms with Crippen LogP contribution < -0.4 is 14.8 Å². The number of hydrogen-bond donors (Lipinski definition) is 1. The summed E-state index contributed by atoms with van der Waals surface area (Å²) in [5.74, 6) is 1.13. The van der Waals surface area contributed by atoms with Gasteiger partial charge < -0.3 is 24.1 Å². The first-order chi connectivity index (χ1) is 13.6. The largest absolute Gasteiger partial charge is 0.492 e. The number of furan rings is 1. The summed E-state index contributed by atoms with van der Waals surface area (Å²) in [4.78, 5) is 27.2. The molecule has 0 radical (unpaired) electrons. The highest BCUT2D eigenvalue weighted by Crippen LogP contribution is 2.38. The normalized spacial score (nSPS) is 20.6. The molecule has 1 aromatic heterocycles. The van der Waals surface area contributed by atoms with Crippen LogP contribution in [0.25, 0.3) is 0 Å². The molecule has 0 bridgehead atoms. The third-order valence-corrected chi connectivity index (χ3v) is 5.10. The maximum atomic E-state index is 13.0. The first kappa shape index (κ1) is 18.4. The van der Waals surface area contributed by atoms with Gasteiger partial charge in [0.05, 0.1) is 18.6 Å². The Balaban J connectivity index is 1.54. The van der Waals surface area contributed by atoms with Crippen LogP contribution in [0.4, 0.5) is 5.69 Å². The highest BCUT2D eigenvalue weighted by Gasteiger charge is 2.36. The van der Waals surface area contributed by atoms with Gasteiger partial charge in [-0.05, 0) is 44.9 Å². The molecule has 2 aliphatic heterocycles. The minimum Gasteiger partial charge on any atom is -0.492 e. The zero-order valence-corrected chi connectivity index (χ0v) is 16.1. The number of hydrogen-bond acceptors (Lipinski definition) is 5. The number of carbonyl (C=O) groups is 2. The van der Waals surface area contributed by atoms with E-state index in [0.717, 1.165) is 24.2 Å². The monoisotopic (exact) mass is 384 g/mol. The average Bonchev–Trinajstić information content (AvgIpc) is 3.41. The molecule has 3 heterocycles. The molecule has 0 unspecified atom stereocenters. The van der Waals surface area contributed by atoms with Gasteiger partial charge in [-0.15, -0.1) is 0 Å². The molecule has 2 atom stereocenters. The Labute approximate surface area is 163 Å². The van der Waals surface area contributed by atoms with Crippen LogP contribution in [0.2, 0.25) is 0 Å². The summed E-state index contributed by atoms with van der Waals surface area (Å²) >= 11 is 0. The lowest BCUT2D eigenvalue weighted by Gasteiger charge is -2.23. The lowest BCUT2D eigenvalue weighted by molar-refractivity contribution is -0.119. The van der Waals surface area contributed by atoms with Crippen LogP contribution >= 0.6 is 0 Å². The molecule has 148 valence electrons. The molecule has 0 aliphatic carbocycles. The van der Waals surface area contributed by atoms with Gasteiger partial charge in [-0.25, -0.2) is 0 Å². The molecule has 0 spiro atoms. The fourth-order valence-electron chi connectivity index (χ4n) is 3.85. The van der Waals surface area contributed by atoms with Crippen LogP contribution in [0.15, 0.2) is 34.9 Å². The van der Waals surface area contributed by atoms with Crippen LogP contribution in [-0.4, -0.2) is 42.0 Å². The predicted molar refractivity (Wildman–Crippen MR) is 103 cm³/mol. The van der Waals surface area contributed by atoms with Gasteiger partial charge in [-0.2, -0.15) is 0 Å². The van der Waals surface area contributed by atoms with Crippen LogP contribution in [-0.2, 0) is 11.2 Å². The lowest BCUT2D eigenvalue weighted by atomic mass is 10.1. The van der Waals surface area contributed by atoms with Crippen molar-refractivity contribution in [3.8, 4) is 11.5 Å². The van der Waals surface area contributed by atoms with E-state index >= 15 is 0 Å². The number of fused-ring (bicyclic) bond motifs is 1. The van der Waals surface area contributed by atoms with Crippen molar-refractivity contribution in [3.63, 3.8) is 0 Å². The van der Waals surface area contributed by atoms with Gasteiger partial charge in [0.1, 0.15) is 23.6 Å². The van der Waals surface area contributed by atoms with E-state index in [4.69, 9.17) is 13.9 Å². The highest BCUT2D eigenvalue weighted by molar-refractivity contribution is 6.01. The molecule has 1 aromatic carbocycles. The zero-order chi connectivity index (χ0) is 19.7. The molecular formula is C21H24N2O5. The van der Waals surface area contributed by atoms with Crippen LogP contribution in [0.3, 0.4) is 0 Å². The Bertz CT molecular complexity index is 877. The second-order valence-electron chi connectivity index (χ2n) is 7.14. The molecule has 7 nitrogen and oxygen atoms in total. The van der Waals surface area contributed by atoms with Crippen LogP contribution in [0, 0.1) is 0 Å². The van der Waals surface area contributed by atoms with E-state index in [1.165, 1.54) is 6.26 Å². The van der Waals surface area contributed by atoms with Crippen molar-refractivity contribution in [1.82, 2.24) is 4.90 Å². The molecule has 1 N–H and O–H groups in total. The SMILES string of the molecule is CCOc1cc2c(cc1NC(=O)[C@@H]1CCCN1C(=O)c1ccco1)O[C@H](C)C2. The molecule has 0 saturated carbocycles. The molecule has 2 aromatic rings. The Morgan fingerprint density at radius 2 is 2.21 bits per heavy atom. The number of rotatable bonds is 5. The molecule has 7 heteroatoms. The van der Waals surface area contributed by atoms with E-state index < -0.39 is 6.04 Å². The van der Waals surface area contributed by atoms with Gasteiger partial charge in [0, 0.05) is 24.6 Å². The van der Waals surface area contributed by atoms with Gasteiger partial charge >= 0.3 is 0 Å². The Morgan fingerprint density at radius 1 is 1.36 bits per heavy atom. The van der Waals surface area contributed by atoms with Crippen molar-refractivity contribution in [2.45, 2.75) is 45.3 Å². The molecule has 1 saturated heterocycles. The number of nitrogens with one attached hydrogen (secondary N) is 1. The summed E-state index contributed by atoms with van der Waals surface area (Å²) < 4.78 is 16.7. The summed E-state index contributed by atoms with van der Waals surface area (Å²) in [6.45, 7) is 4.93.